The van der Waals surface area contributed by atoms with Gasteiger partial charge in [0.2, 0.25) is 5.91 Å². The van der Waals surface area contributed by atoms with Crippen molar-refractivity contribution < 1.29 is 18.5 Å². The number of hydrogen-bond acceptors (Lipinski definition) is 4. The van der Waals surface area contributed by atoms with E-state index in [9.17, 15) is 14.0 Å². The third-order valence-electron chi connectivity index (χ3n) is 4.59. The van der Waals surface area contributed by atoms with Crippen molar-refractivity contribution in [1.82, 2.24) is 15.0 Å². The molecule has 2 amide bonds. The molecule has 0 bridgehead atoms. The predicted molar refractivity (Wildman–Crippen MR) is 93.6 cm³/mol. The Bertz CT molecular complexity index is 825. The van der Waals surface area contributed by atoms with Gasteiger partial charge in [0, 0.05) is 36.8 Å². The molecule has 138 valence electrons. The minimum atomic E-state index is -0.601. The first-order valence-corrected chi connectivity index (χ1v) is 8.68. The molecule has 0 radical (unpaired) electrons. The minimum absolute atomic E-state index is 0.0413. The van der Waals surface area contributed by atoms with Crippen LogP contribution in [0.2, 0.25) is 5.02 Å². The van der Waals surface area contributed by atoms with Crippen LogP contribution in [0.1, 0.15) is 27.4 Å². The molecule has 3 rings (SSSR count). The first kappa shape index (κ1) is 18.4. The summed E-state index contributed by atoms with van der Waals surface area (Å²) in [6, 6.07) is 3.91. The Morgan fingerprint density at radius 3 is 2.46 bits per heavy atom. The summed E-state index contributed by atoms with van der Waals surface area (Å²) in [4.78, 5) is 28.2. The maximum absolute atomic E-state index is 13.9. The summed E-state index contributed by atoms with van der Waals surface area (Å²) in [7, 11) is 0. The van der Waals surface area contributed by atoms with E-state index < -0.39 is 11.7 Å². The van der Waals surface area contributed by atoms with Gasteiger partial charge < -0.3 is 14.3 Å². The Labute approximate surface area is 155 Å². The second kappa shape index (κ2) is 7.45. The van der Waals surface area contributed by atoms with Gasteiger partial charge in [0.25, 0.3) is 5.91 Å². The summed E-state index contributed by atoms with van der Waals surface area (Å²) < 4.78 is 19.0. The highest BCUT2D eigenvalue weighted by Crippen LogP contribution is 2.19. The number of aryl methyl sites for hydroxylation is 2. The van der Waals surface area contributed by atoms with Crippen LogP contribution >= 0.6 is 11.6 Å². The van der Waals surface area contributed by atoms with Gasteiger partial charge in [0.05, 0.1) is 17.7 Å². The van der Waals surface area contributed by atoms with E-state index in [2.05, 4.69) is 5.16 Å². The second-order valence-corrected chi connectivity index (χ2v) is 6.71. The number of hydrogen-bond donors (Lipinski definition) is 0. The summed E-state index contributed by atoms with van der Waals surface area (Å²) in [5.41, 5.74) is 1.46. The molecular formula is C18H19ClFN3O3. The first-order chi connectivity index (χ1) is 12.4. The molecule has 0 spiro atoms. The molecule has 8 heteroatoms. The van der Waals surface area contributed by atoms with Crippen molar-refractivity contribution in [1.29, 1.82) is 0 Å². The summed E-state index contributed by atoms with van der Waals surface area (Å²) in [5.74, 6) is -0.416. The molecule has 1 aliphatic rings. The van der Waals surface area contributed by atoms with E-state index in [1.165, 1.54) is 23.1 Å². The van der Waals surface area contributed by atoms with Crippen LogP contribution in [0, 0.1) is 19.7 Å². The highest BCUT2D eigenvalue weighted by Gasteiger charge is 2.27. The molecule has 1 aromatic carbocycles. The normalized spacial score (nSPS) is 14.6. The lowest BCUT2D eigenvalue weighted by Gasteiger charge is -2.35. The number of aromatic nitrogens is 1. The number of rotatable bonds is 3. The fourth-order valence-electron chi connectivity index (χ4n) is 3.01. The number of piperazine rings is 1. The van der Waals surface area contributed by atoms with Gasteiger partial charge in [0.1, 0.15) is 11.6 Å². The Morgan fingerprint density at radius 2 is 1.85 bits per heavy atom. The van der Waals surface area contributed by atoms with E-state index in [4.69, 9.17) is 16.1 Å². The number of amides is 2. The molecule has 1 aliphatic heterocycles. The molecule has 1 fully saturated rings. The summed E-state index contributed by atoms with van der Waals surface area (Å²) in [5, 5.41) is 4.16. The van der Waals surface area contributed by atoms with Gasteiger partial charge in [-0.1, -0.05) is 16.8 Å². The highest BCUT2D eigenvalue weighted by atomic mass is 35.5. The Kier molecular flexibility index (Phi) is 5.27. The van der Waals surface area contributed by atoms with Crippen LogP contribution in [-0.4, -0.2) is 52.9 Å². The lowest BCUT2D eigenvalue weighted by molar-refractivity contribution is -0.131. The average Bonchev–Trinajstić information content (AvgIpc) is 2.95. The van der Waals surface area contributed by atoms with Crippen LogP contribution < -0.4 is 0 Å². The third kappa shape index (κ3) is 3.72. The van der Waals surface area contributed by atoms with Crippen molar-refractivity contribution in [2.24, 2.45) is 0 Å². The number of halogens is 2. The lowest BCUT2D eigenvalue weighted by Crippen LogP contribution is -2.51. The standard InChI is InChI=1S/C18H19ClFN3O3/c1-11-14(12(2)26-21-11)10-17(24)22-5-7-23(8-6-22)18(25)15-9-13(19)3-4-16(15)20/h3-4,9H,5-8,10H2,1-2H3. The van der Waals surface area contributed by atoms with Crippen LogP contribution in [0.25, 0.3) is 0 Å². The molecule has 0 atom stereocenters. The Balaban J connectivity index is 1.61. The highest BCUT2D eigenvalue weighted by molar-refractivity contribution is 6.31. The summed E-state index contributed by atoms with van der Waals surface area (Å²) >= 11 is 5.85. The van der Waals surface area contributed by atoms with Crippen LogP contribution in [0.4, 0.5) is 4.39 Å². The molecule has 26 heavy (non-hydrogen) atoms. The SMILES string of the molecule is Cc1noc(C)c1CC(=O)N1CCN(C(=O)c2cc(Cl)ccc2F)CC1. The zero-order chi connectivity index (χ0) is 18.8. The van der Waals surface area contributed by atoms with Gasteiger partial charge in [-0.25, -0.2) is 4.39 Å². The molecule has 6 nitrogen and oxygen atoms in total. The smallest absolute Gasteiger partial charge is 0.257 e. The molecule has 0 aliphatic carbocycles. The number of carbonyl (C=O) groups is 2. The van der Waals surface area contributed by atoms with E-state index in [0.717, 1.165) is 5.56 Å². The first-order valence-electron chi connectivity index (χ1n) is 8.30. The maximum atomic E-state index is 13.9. The van der Waals surface area contributed by atoms with Crippen molar-refractivity contribution >= 4 is 23.4 Å². The monoisotopic (exact) mass is 379 g/mol. The van der Waals surface area contributed by atoms with Gasteiger partial charge in [-0.3, -0.25) is 9.59 Å². The number of nitrogens with zero attached hydrogens (tertiary/aromatic N) is 3. The second-order valence-electron chi connectivity index (χ2n) is 6.28. The van der Waals surface area contributed by atoms with Crippen LogP contribution in [0.5, 0.6) is 0 Å². The van der Waals surface area contributed by atoms with Gasteiger partial charge in [0.15, 0.2) is 0 Å². The molecule has 2 heterocycles. The maximum Gasteiger partial charge on any atom is 0.257 e. The zero-order valence-corrected chi connectivity index (χ0v) is 15.3. The van der Waals surface area contributed by atoms with Crippen molar-refractivity contribution in [3.8, 4) is 0 Å². The zero-order valence-electron chi connectivity index (χ0n) is 14.6. The fraction of sp³-hybridized carbons (Fsp3) is 0.389. The number of carbonyl (C=O) groups excluding carboxylic acids is 2. The minimum Gasteiger partial charge on any atom is -0.361 e. The fourth-order valence-corrected chi connectivity index (χ4v) is 3.18. The Hall–Kier alpha value is -2.41. The molecule has 0 N–H and O–H groups in total. The van der Waals surface area contributed by atoms with E-state index in [1.807, 2.05) is 0 Å². The summed E-state index contributed by atoms with van der Waals surface area (Å²) in [6.45, 7) is 5.07. The molecular weight excluding hydrogens is 361 g/mol. The van der Waals surface area contributed by atoms with Crippen LogP contribution in [0.3, 0.4) is 0 Å². The number of benzene rings is 1. The van der Waals surface area contributed by atoms with Gasteiger partial charge in [-0.05, 0) is 32.0 Å². The predicted octanol–water partition coefficient (Wildman–Crippen LogP) is 2.61. The van der Waals surface area contributed by atoms with Gasteiger partial charge >= 0.3 is 0 Å². The third-order valence-corrected chi connectivity index (χ3v) is 4.82. The Morgan fingerprint density at radius 1 is 1.19 bits per heavy atom. The quantitative estimate of drug-likeness (QED) is 0.822. The van der Waals surface area contributed by atoms with E-state index in [-0.39, 0.29) is 17.9 Å². The van der Waals surface area contributed by atoms with Crippen molar-refractivity contribution in [3.05, 3.63) is 51.6 Å². The molecule has 2 aromatic rings. The van der Waals surface area contributed by atoms with E-state index >= 15 is 0 Å². The van der Waals surface area contributed by atoms with Crippen molar-refractivity contribution in [3.63, 3.8) is 0 Å². The molecule has 1 saturated heterocycles. The molecule has 0 unspecified atom stereocenters. The largest absolute Gasteiger partial charge is 0.361 e. The van der Waals surface area contributed by atoms with Crippen LogP contribution in [-0.2, 0) is 11.2 Å². The summed E-state index contributed by atoms with van der Waals surface area (Å²) in [6.07, 6.45) is 0.220. The lowest BCUT2D eigenvalue weighted by atomic mass is 10.1. The van der Waals surface area contributed by atoms with Crippen LogP contribution in [0.15, 0.2) is 22.7 Å². The average molecular weight is 380 g/mol. The van der Waals surface area contributed by atoms with Gasteiger partial charge in [-0.2, -0.15) is 0 Å². The topological polar surface area (TPSA) is 66.7 Å². The van der Waals surface area contributed by atoms with Crippen molar-refractivity contribution in [2.45, 2.75) is 20.3 Å². The molecule has 1 aromatic heterocycles. The van der Waals surface area contributed by atoms with Gasteiger partial charge in [-0.15, -0.1) is 0 Å². The van der Waals surface area contributed by atoms with Crippen molar-refractivity contribution in [2.75, 3.05) is 26.2 Å². The van der Waals surface area contributed by atoms with E-state index in [0.29, 0.717) is 42.7 Å². The molecule has 0 saturated carbocycles. The van der Waals surface area contributed by atoms with E-state index in [1.54, 1.807) is 18.7 Å².